The summed E-state index contributed by atoms with van der Waals surface area (Å²) in [5.41, 5.74) is 2.31. The Kier molecular flexibility index (Phi) is 9.00. The van der Waals surface area contributed by atoms with Gasteiger partial charge >= 0.3 is 0 Å². The van der Waals surface area contributed by atoms with E-state index in [1.165, 1.54) is 0 Å². The first-order valence-electron chi connectivity index (χ1n) is 9.11. The van der Waals surface area contributed by atoms with Gasteiger partial charge in [-0.2, -0.15) is 0 Å². The van der Waals surface area contributed by atoms with Crippen LogP contribution >= 0.6 is 0 Å². The lowest BCUT2D eigenvalue weighted by atomic mass is 10.1. The Labute approximate surface area is 161 Å². The Bertz CT molecular complexity index is 702. The van der Waals surface area contributed by atoms with Crippen molar-refractivity contribution in [2.75, 3.05) is 33.9 Å². The lowest BCUT2D eigenvalue weighted by Gasteiger charge is -2.13. The van der Waals surface area contributed by atoms with Crippen LogP contribution in [0, 0.1) is 0 Å². The summed E-state index contributed by atoms with van der Waals surface area (Å²) >= 11 is 0. The Morgan fingerprint density at radius 1 is 0.926 bits per heavy atom. The maximum atomic E-state index is 5.73. The van der Waals surface area contributed by atoms with Gasteiger partial charge in [-0.05, 0) is 42.3 Å². The zero-order valence-corrected chi connectivity index (χ0v) is 16.3. The molecule has 0 saturated carbocycles. The molecule has 2 aromatic carbocycles. The van der Waals surface area contributed by atoms with Gasteiger partial charge in [-0.1, -0.05) is 24.3 Å². The summed E-state index contributed by atoms with van der Waals surface area (Å²) in [7, 11) is 3.35. The Morgan fingerprint density at radius 3 is 2.30 bits per heavy atom. The molecule has 0 unspecified atom stereocenters. The van der Waals surface area contributed by atoms with Crippen molar-refractivity contribution >= 4 is 5.96 Å². The second kappa shape index (κ2) is 11.8. The first-order valence-corrected chi connectivity index (χ1v) is 9.11. The number of rotatable bonds is 10. The normalized spacial score (nSPS) is 11.1. The third-order valence-corrected chi connectivity index (χ3v) is 3.89. The highest BCUT2D eigenvalue weighted by Crippen LogP contribution is 2.16. The van der Waals surface area contributed by atoms with Gasteiger partial charge < -0.3 is 24.8 Å². The number of hydrogen-bond donors (Lipinski definition) is 2. The number of benzene rings is 2. The minimum absolute atomic E-state index is 0.539. The molecule has 0 radical (unpaired) electrons. The minimum Gasteiger partial charge on any atom is -0.497 e. The van der Waals surface area contributed by atoms with Crippen LogP contribution in [-0.4, -0.2) is 39.9 Å². The minimum atomic E-state index is 0.539. The average Bonchev–Trinajstić information content (AvgIpc) is 2.71. The number of aliphatic imine (C=N–C) groups is 1. The zero-order valence-electron chi connectivity index (χ0n) is 16.3. The molecule has 27 heavy (non-hydrogen) atoms. The van der Waals surface area contributed by atoms with E-state index in [1.807, 2.05) is 43.3 Å². The summed E-state index contributed by atoms with van der Waals surface area (Å²) in [6, 6.07) is 15.7. The number of nitrogens with one attached hydrogen (secondary N) is 2. The topological polar surface area (TPSA) is 64.1 Å². The molecule has 2 N–H and O–H groups in total. The van der Waals surface area contributed by atoms with E-state index in [4.69, 9.17) is 14.2 Å². The Morgan fingerprint density at radius 2 is 1.63 bits per heavy atom. The maximum Gasteiger partial charge on any atom is 0.191 e. The van der Waals surface area contributed by atoms with Crippen LogP contribution in [-0.2, 0) is 17.9 Å². The average molecular weight is 371 g/mol. The van der Waals surface area contributed by atoms with Crippen molar-refractivity contribution < 1.29 is 14.2 Å². The first-order chi connectivity index (χ1) is 13.3. The van der Waals surface area contributed by atoms with Gasteiger partial charge in [0.25, 0.3) is 0 Å². The number of methoxy groups -OCH3 is 2. The molecule has 0 aliphatic rings. The molecule has 0 fully saturated rings. The van der Waals surface area contributed by atoms with E-state index >= 15 is 0 Å². The maximum absolute atomic E-state index is 5.73. The fourth-order valence-electron chi connectivity index (χ4n) is 2.52. The molecule has 0 aliphatic heterocycles. The molecule has 6 nitrogen and oxygen atoms in total. The van der Waals surface area contributed by atoms with E-state index in [9.17, 15) is 0 Å². The van der Waals surface area contributed by atoms with Gasteiger partial charge in [0.2, 0.25) is 0 Å². The van der Waals surface area contributed by atoms with Crippen LogP contribution in [0.1, 0.15) is 18.1 Å². The van der Waals surface area contributed by atoms with Gasteiger partial charge in [-0.15, -0.1) is 0 Å². The van der Waals surface area contributed by atoms with Crippen LogP contribution in [0.5, 0.6) is 11.5 Å². The smallest absolute Gasteiger partial charge is 0.191 e. The van der Waals surface area contributed by atoms with Crippen LogP contribution in [0.4, 0.5) is 0 Å². The molecular weight excluding hydrogens is 342 g/mol. The SMILES string of the molecule is CCNC(=NCc1ccccc1COC)NCCOc1ccc(OC)cc1. The molecular formula is C21H29N3O3. The highest BCUT2D eigenvalue weighted by atomic mass is 16.5. The van der Waals surface area contributed by atoms with Gasteiger partial charge in [0.15, 0.2) is 5.96 Å². The van der Waals surface area contributed by atoms with Crippen molar-refractivity contribution in [1.29, 1.82) is 0 Å². The third kappa shape index (κ3) is 7.19. The number of ether oxygens (including phenoxy) is 3. The fraction of sp³-hybridized carbons (Fsp3) is 0.381. The number of hydrogen-bond acceptors (Lipinski definition) is 4. The summed E-state index contributed by atoms with van der Waals surface area (Å²) in [5.74, 6) is 2.40. The van der Waals surface area contributed by atoms with E-state index in [0.29, 0.717) is 26.3 Å². The van der Waals surface area contributed by atoms with Crippen LogP contribution < -0.4 is 20.1 Å². The van der Waals surface area contributed by atoms with Crippen molar-refractivity contribution in [2.45, 2.75) is 20.1 Å². The fourth-order valence-corrected chi connectivity index (χ4v) is 2.52. The summed E-state index contributed by atoms with van der Waals surface area (Å²) in [4.78, 5) is 4.66. The van der Waals surface area contributed by atoms with Crippen molar-refractivity contribution in [3.8, 4) is 11.5 Å². The molecule has 6 heteroatoms. The predicted octanol–water partition coefficient (Wildman–Crippen LogP) is 2.98. The molecule has 0 heterocycles. The van der Waals surface area contributed by atoms with Crippen LogP contribution in [0.3, 0.4) is 0 Å². The van der Waals surface area contributed by atoms with Gasteiger partial charge in [0.05, 0.1) is 26.8 Å². The standard InChI is InChI=1S/C21H29N3O3/c1-4-22-21(24-15-17-7-5-6-8-18(17)16-25-2)23-13-14-27-20-11-9-19(26-3)10-12-20/h5-12H,4,13-16H2,1-3H3,(H2,22,23,24). The molecule has 146 valence electrons. The second-order valence-electron chi connectivity index (χ2n) is 5.85. The molecule has 0 atom stereocenters. The lowest BCUT2D eigenvalue weighted by molar-refractivity contribution is 0.184. The summed E-state index contributed by atoms with van der Waals surface area (Å²) in [6.07, 6.45) is 0. The van der Waals surface area contributed by atoms with Gasteiger partial charge in [-0.3, -0.25) is 0 Å². The van der Waals surface area contributed by atoms with Crippen LogP contribution in [0.15, 0.2) is 53.5 Å². The van der Waals surface area contributed by atoms with Gasteiger partial charge in [0.1, 0.15) is 18.1 Å². The molecule has 0 aliphatic carbocycles. The predicted molar refractivity (Wildman–Crippen MR) is 108 cm³/mol. The lowest BCUT2D eigenvalue weighted by Crippen LogP contribution is -2.39. The summed E-state index contributed by atoms with van der Waals surface area (Å²) < 4.78 is 16.1. The first kappa shape index (κ1) is 20.6. The van der Waals surface area contributed by atoms with Crippen LogP contribution in [0.25, 0.3) is 0 Å². The monoisotopic (exact) mass is 371 g/mol. The van der Waals surface area contributed by atoms with Crippen molar-refractivity contribution in [2.24, 2.45) is 4.99 Å². The van der Waals surface area contributed by atoms with E-state index in [-0.39, 0.29) is 0 Å². The van der Waals surface area contributed by atoms with E-state index in [1.54, 1.807) is 14.2 Å². The molecule has 0 spiro atoms. The van der Waals surface area contributed by atoms with Crippen molar-refractivity contribution in [1.82, 2.24) is 10.6 Å². The molecule has 0 aromatic heterocycles. The number of nitrogens with zero attached hydrogens (tertiary/aromatic N) is 1. The van der Waals surface area contributed by atoms with Crippen molar-refractivity contribution in [3.63, 3.8) is 0 Å². The largest absolute Gasteiger partial charge is 0.497 e. The molecule has 0 amide bonds. The van der Waals surface area contributed by atoms with Crippen LogP contribution in [0.2, 0.25) is 0 Å². The van der Waals surface area contributed by atoms with Crippen molar-refractivity contribution in [3.05, 3.63) is 59.7 Å². The van der Waals surface area contributed by atoms with E-state index in [2.05, 4.69) is 27.8 Å². The summed E-state index contributed by atoms with van der Waals surface area (Å²) in [6.45, 7) is 5.21. The Hall–Kier alpha value is -2.73. The Balaban J connectivity index is 1.84. The molecule has 0 saturated heterocycles. The highest BCUT2D eigenvalue weighted by Gasteiger charge is 2.02. The highest BCUT2D eigenvalue weighted by molar-refractivity contribution is 5.79. The zero-order chi connectivity index (χ0) is 19.3. The molecule has 2 rings (SSSR count). The van der Waals surface area contributed by atoms with E-state index < -0.39 is 0 Å². The third-order valence-electron chi connectivity index (χ3n) is 3.89. The second-order valence-corrected chi connectivity index (χ2v) is 5.85. The number of guanidine groups is 1. The molecule has 0 bridgehead atoms. The molecule has 2 aromatic rings. The summed E-state index contributed by atoms with van der Waals surface area (Å²) in [5, 5.41) is 6.55. The van der Waals surface area contributed by atoms with E-state index in [0.717, 1.165) is 35.1 Å². The van der Waals surface area contributed by atoms with Gasteiger partial charge in [0, 0.05) is 13.7 Å². The quantitative estimate of drug-likeness (QED) is 0.382. The van der Waals surface area contributed by atoms with Gasteiger partial charge in [-0.25, -0.2) is 4.99 Å².